The van der Waals surface area contributed by atoms with Crippen molar-refractivity contribution in [3.63, 3.8) is 0 Å². The lowest BCUT2D eigenvalue weighted by Crippen LogP contribution is -2.28. The van der Waals surface area contributed by atoms with Crippen LogP contribution in [0, 0.1) is 0 Å². The molecule has 1 fully saturated rings. The first-order chi connectivity index (χ1) is 9.96. The quantitative estimate of drug-likeness (QED) is 0.775. The van der Waals surface area contributed by atoms with Gasteiger partial charge in [0.2, 0.25) is 0 Å². The fraction of sp³-hybridized carbons (Fsp3) is 0.438. The molecule has 1 atom stereocenters. The highest BCUT2D eigenvalue weighted by Crippen LogP contribution is 2.33. The summed E-state index contributed by atoms with van der Waals surface area (Å²) in [6.07, 6.45) is 4.40. The number of hydrogen-bond acceptors (Lipinski definition) is 4. The third kappa shape index (κ3) is 2.99. The average Bonchev–Trinajstić information content (AvgIpc) is 2.61. The molecule has 2 heterocycles. The van der Waals surface area contributed by atoms with E-state index in [9.17, 15) is 5.11 Å². The van der Waals surface area contributed by atoms with Crippen molar-refractivity contribution in [2.45, 2.75) is 31.8 Å². The van der Waals surface area contributed by atoms with E-state index in [0.717, 1.165) is 59.1 Å². The fourth-order valence-electron chi connectivity index (χ4n) is 2.96. The molecule has 5 heteroatoms. The van der Waals surface area contributed by atoms with Gasteiger partial charge in [0.25, 0.3) is 0 Å². The zero-order chi connectivity index (χ0) is 15.0. The zero-order valence-corrected chi connectivity index (χ0v) is 13.7. The van der Waals surface area contributed by atoms with Crippen LogP contribution in [0.15, 0.2) is 28.9 Å². The maximum atomic E-state index is 10.2. The molecular weight excluding hydrogens is 330 g/mol. The van der Waals surface area contributed by atoms with E-state index < -0.39 is 5.60 Å². The summed E-state index contributed by atoms with van der Waals surface area (Å²) in [5.41, 5.74) is 8.29. The molecule has 3 rings (SSSR count). The molecule has 1 aromatic carbocycles. The molecule has 112 valence electrons. The van der Waals surface area contributed by atoms with Gasteiger partial charge in [0.05, 0.1) is 16.8 Å². The van der Waals surface area contributed by atoms with Gasteiger partial charge in [-0.05, 0) is 60.3 Å². The smallest absolute Gasteiger partial charge is 0.0956 e. The molecule has 1 aromatic heterocycles. The highest BCUT2D eigenvalue weighted by molar-refractivity contribution is 9.10. The van der Waals surface area contributed by atoms with Crippen molar-refractivity contribution < 1.29 is 5.11 Å². The second-order valence-corrected chi connectivity index (χ2v) is 6.98. The molecule has 0 bridgehead atoms. The SMILES string of the molecule is CC1(O)CCCN(c2ccc(N)c3cc(Br)cnc23)CC1. The van der Waals surface area contributed by atoms with Crippen molar-refractivity contribution in [3.8, 4) is 0 Å². The number of nitrogens with zero attached hydrogens (tertiary/aromatic N) is 2. The maximum Gasteiger partial charge on any atom is 0.0956 e. The Morgan fingerprint density at radius 2 is 2.14 bits per heavy atom. The Kier molecular flexibility index (Phi) is 3.80. The van der Waals surface area contributed by atoms with Crippen LogP contribution in [0.1, 0.15) is 26.2 Å². The average molecular weight is 350 g/mol. The van der Waals surface area contributed by atoms with E-state index in [4.69, 9.17) is 5.73 Å². The Morgan fingerprint density at radius 3 is 2.95 bits per heavy atom. The molecular formula is C16H20BrN3O. The minimum Gasteiger partial charge on any atom is -0.398 e. The third-order valence-electron chi connectivity index (χ3n) is 4.23. The Balaban J connectivity index is 2.02. The number of hydrogen-bond donors (Lipinski definition) is 2. The first-order valence-electron chi connectivity index (χ1n) is 7.27. The number of anilines is 2. The standard InChI is InChI=1S/C16H20BrN3O/c1-16(21)5-2-7-20(8-6-16)14-4-3-13(18)12-9-11(17)10-19-15(12)14/h3-4,9-10,21H,2,5-8,18H2,1H3. The third-order valence-corrected chi connectivity index (χ3v) is 4.67. The molecule has 4 nitrogen and oxygen atoms in total. The summed E-state index contributed by atoms with van der Waals surface area (Å²) in [7, 11) is 0. The summed E-state index contributed by atoms with van der Waals surface area (Å²) >= 11 is 3.45. The predicted octanol–water partition coefficient (Wildman–Crippen LogP) is 3.32. The van der Waals surface area contributed by atoms with Gasteiger partial charge in [0.15, 0.2) is 0 Å². The van der Waals surface area contributed by atoms with Crippen molar-refractivity contribution in [1.29, 1.82) is 0 Å². The number of halogens is 1. The molecule has 0 radical (unpaired) electrons. The van der Waals surface area contributed by atoms with E-state index in [1.807, 2.05) is 25.1 Å². The van der Waals surface area contributed by atoms with E-state index in [1.54, 1.807) is 6.20 Å². The number of benzene rings is 1. The number of nitrogens with two attached hydrogens (primary N) is 1. The van der Waals surface area contributed by atoms with Gasteiger partial charge in [-0.3, -0.25) is 4.98 Å². The molecule has 0 amide bonds. The molecule has 3 N–H and O–H groups in total. The number of fused-ring (bicyclic) bond motifs is 1. The normalized spacial score (nSPS) is 23.3. The van der Waals surface area contributed by atoms with E-state index in [2.05, 4.69) is 25.8 Å². The van der Waals surface area contributed by atoms with E-state index >= 15 is 0 Å². The van der Waals surface area contributed by atoms with Gasteiger partial charge in [-0.2, -0.15) is 0 Å². The number of aliphatic hydroxyl groups is 1. The molecule has 21 heavy (non-hydrogen) atoms. The number of nitrogen functional groups attached to an aromatic ring is 1. The number of aromatic nitrogens is 1. The van der Waals surface area contributed by atoms with Crippen molar-refractivity contribution in [3.05, 3.63) is 28.9 Å². The topological polar surface area (TPSA) is 62.4 Å². The number of pyridine rings is 1. The van der Waals surface area contributed by atoms with Crippen LogP contribution in [-0.4, -0.2) is 28.8 Å². The van der Waals surface area contributed by atoms with Crippen molar-refractivity contribution in [2.24, 2.45) is 0 Å². The van der Waals surface area contributed by atoms with Gasteiger partial charge in [0, 0.05) is 34.8 Å². The Morgan fingerprint density at radius 1 is 1.33 bits per heavy atom. The molecule has 1 aliphatic heterocycles. The number of rotatable bonds is 1. The van der Waals surface area contributed by atoms with Crippen LogP contribution in [0.4, 0.5) is 11.4 Å². The largest absolute Gasteiger partial charge is 0.398 e. The van der Waals surface area contributed by atoms with Crippen LogP contribution in [0.5, 0.6) is 0 Å². The van der Waals surface area contributed by atoms with Crippen molar-refractivity contribution >= 4 is 38.2 Å². The summed E-state index contributed by atoms with van der Waals surface area (Å²) in [6, 6.07) is 5.99. The molecule has 1 saturated heterocycles. The lowest BCUT2D eigenvalue weighted by atomic mass is 9.98. The van der Waals surface area contributed by atoms with Crippen LogP contribution in [0.2, 0.25) is 0 Å². The van der Waals surface area contributed by atoms with Gasteiger partial charge in [0.1, 0.15) is 0 Å². The molecule has 0 aliphatic carbocycles. The summed E-state index contributed by atoms with van der Waals surface area (Å²) in [6.45, 7) is 3.70. The Bertz CT molecular complexity index is 672. The summed E-state index contributed by atoms with van der Waals surface area (Å²) in [5.74, 6) is 0. The molecule has 0 saturated carbocycles. The highest BCUT2D eigenvalue weighted by Gasteiger charge is 2.26. The van der Waals surface area contributed by atoms with Crippen molar-refractivity contribution in [1.82, 2.24) is 4.98 Å². The monoisotopic (exact) mass is 349 g/mol. The van der Waals surface area contributed by atoms with E-state index in [0.29, 0.717) is 0 Å². The zero-order valence-electron chi connectivity index (χ0n) is 12.1. The summed E-state index contributed by atoms with van der Waals surface area (Å²) < 4.78 is 0.928. The summed E-state index contributed by atoms with van der Waals surface area (Å²) in [4.78, 5) is 6.86. The minimum absolute atomic E-state index is 0.561. The second kappa shape index (κ2) is 5.46. The van der Waals surface area contributed by atoms with Crippen LogP contribution < -0.4 is 10.6 Å². The van der Waals surface area contributed by atoms with Crippen LogP contribution in [0.25, 0.3) is 10.9 Å². The molecule has 0 spiro atoms. The van der Waals surface area contributed by atoms with Gasteiger partial charge in [-0.15, -0.1) is 0 Å². The van der Waals surface area contributed by atoms with Crippen LogP contribution in [-0.2, 0) is 0 Å². The van der Waals surface area contributed by atoms with E-state index in [-0.39, 0.29) is 0 Å². The Labute approximate surface area is 133 Å². The fourth-order valence-corrected chi connectivity index (χ4v) is 3.29. The van der Waals surface area contributed by atoms with Crippen LogP contribution >= 0.6 is 15.9 Å². The first-order valence-corrected chi connectivity index (χ1v) is 8.07. The highest BCUT2D eigenvalue weighted by atomic mass is 79.9. The molecule has 1 unspecified atom stereocenters. The lowest BCUT2D eigenvalue weighted by Gasteiger charge is -2.25. The van der Waals surface area contributed by atoms with Gasteiger partial charge in [-0.1, -0.05) is 0 Å². The maximum absolute atomic E-state index is 10.2. The predicted molar refractivity (Wildman–Crippen MR) is 90.5 cm³/mol. The first kappa shape index (κ1) is 14.6. The minimum atomic E-state index is -0.561. The molecule has 1 aliphatic rings. The van der Waals surface area contributed by atoms with Gasteiger partial charge in [-0.25, -0.2) is 0 Å². The summed E-state index contributed by atoms with van der Waals surface area (Å²) in [5, 5.41) is 11.2. The lowest BCUT2D eigenvalue weighted by molar-refractivity contribution is 0.0481. The van der Waals surface area contributed by atoms with Crippen LogP contribution in [0.3, 0.4) is 0 Å². The Hall–Kier alpha value is -1.33. The van der Waals surface area contributed by atoms with Gasteiger partial charge < -0.3 is 15.7 Å². The van der Waals surface area contributed by atoms with E-state index in [1.165, 1.54) is 0 Å². The van der Waals surface area contributed by atoms with Crippen molar-refractivity contribution in [2.75, 3.05) is 23.7 Å². The van der Waals surface area contributed by atoms with Gasteiger partial charge >= 0.3 is 0 Å². The second-order valence-electron chi connectivity index (χ2n) is 6.06. The molecule has 2 aromatic rings.